The first kappa shape index (κ1) is 44.4. The van der Waals surface area contributed by atoms with E-state index in [1.165, 1.54) is 0 Å². The summed E-state index contributed by atoms with van der Waals surface area (Å²) in [6.45, 7) is 5.00. The molecule has 1 aromatic heterocycles. The van der Waals surface area contributed by atoms with E-state index in [1.807, 2.05) is 0 Å². The van der Waals surface area contributed by atoms with Crippen LogP contribution in [0.1, 0.15) is 69.4 Å². The van der Waals surface area contributed by atoms with E-state index in [0.717, 1.165) is 46.9 Å². The molecule has 2 unspecified atom stereocenters. The number of ether oxygens (including phenoxy) is 2. The van der Waals surface area contributed by atoms with Gasteiger partial charge in [-0.3, -0.25) is 19.8 Å². The van der Waals surface area contributed by atoms with Gasteiger partial charge in [-0.25, -0.2) is 14.6 Å². The number of hydrogen-bond donors (Lipinski definition) is 2. The normalized spacial score (nSPS) is 18.9. The number of β-lactam (4-membered cyclic amide) rings is 1. The lowest BCUT2D eigenvalue weighted by molar-refractivity contribution is -0.154. The average molecular weight is 912 g/mol. The van der Waals surface area contributed by atoms with E-state index in [4.69, 9.17) is 25.9 Å². The molecule has 6 rings (SSSR count). The van der Waals surface area contributed by atoms with Gasteiger partial charge in [-0.15, -0.1) is 11.8 Å². The number of rotatable bonds is 13. The number of amides is 3. The van der Waals surface area contributed by atoms with Crippen LogP contribution < -0.4 is 10.6 Å². The van der Waals surface area contributed by atoms with Crippen LogP contribution in [0.5, 0.6) is 0 Å². The molecule has 3 amide bonds. The van der Waals surface area contributed by atoms with Crippen molar-refractivity contribution < 1.29 is 59.3 Å². The summed E-state index contributed by atoms with van der Waals surface area (Å²) in [5.41, 5.74) is -6.57. The second-order valence-electron chi connectivity index (χ2n) is 14.4. The van der Waals surface area contributed by atoms with Crippen molar-refractivity contribution in [2.75, 3.05) is 11.1 Å². The number of esters is 1. The van der Waals surface area contributed by atoms with Crippen molar-refractivity contribution in [1.82, 2.24) is 15.2 Å². The number of oxime groups is 1. The molecule has 3 heterocycles. The van der Waals surface area contributed by atoms with Crippen LogP contribution in [0, 0.1) is 0 Å². The maximum Gasteiger partial charge on any atom is 0.534 e. The summed E-state index contributed by atoms with van der Waals surface area (Å²) in [5, 5.41) is 8.17. The van der Waals surface area contributed by atoms with E-state index < -0.39 is 74.0 Å². The predicted molar refractivity (Wildman–Crippen MR) is 215 cm³/mol. The number of thiazole rings is 1. The van der Waals surface area contributed by atoms with Crippen molar-refractivity contribution in [3.8, 4) is 0 Å². The SMILES string of the molecule is CC(C)(C)OC(=O)Nc1nc(C(=NOC2CCCC2)C(=O)NC2C(=O)N3C(C(=O)OC(c4ccccc4)c4ccccc4)=C(/C=C/OS(=O)(=O)C(F)(F)F)CSC23)c(Cl)s1. The number of hydrogen-bond acceptors (Lipinski definition) is 14. The molecule has 0 spiro atoms. The minimum absolute atomic E-state index is 0.0236. The zero-order chi connectivity index (χ0) is 43.4. The largest absolute Gasteiger partial charge is 0.534 e. The fourth-order valence-corrected chi connectivity index (χ4v) is 8.82. The van der Waals surface area contributed by atoms with Gasteiger partial charge in [0.25, 0.3) is 11.8 Å². The summed E-state index contributed by atoms with van der Waals surface area (Å²) in [5.74, 6) is -3.03. The van der Waals surface area contributed by atoms with Gasteiger partial charge in [0, 0.05) is 5.75 Å². The molecule has 1 saturated heterocycles. The molecule has 3 aliphatic rings. The third kappa shape index (κ3) is 10.4. The Labute approximate surface area is 355 Å². The monoisotopic (exact) mass is 911 g/mol. The number of halogens is 4. The van der Waals surface area contributed by atoms with E-state index in [0.29, 0.717) is 24.0 Å². The molecule has 0 radical (unpaired) electrons. The standard InChI is InChI=1S/C38H37ClF3N5O10S3/c1-37(2,3)56-36(51)45-35-44-25(30(39)59-35)26(46-57-24-16-10-11-17-24)31(48)43-27-32(49)47-28(23(20-58-33(27)47)18-19-54-60(52,53)38(40,41)42)34(50)55-29(21-12-6-4-7-13-21)22-14-8-5-9-15-22/h4-9,12-15,18-19,24,27,29,33H,10-11,16-17,20H2,1-3H3,(H,43,48)(H,44,45,51)/b19-18+,46-26?. The lowest BCUT2D eigenvalue weighted by Gasteiger charge is -2.49. The van der Waals surface area contributed by atoms with E-state index in [-0.39, 0.29) is 38.9 Å². The molecule has 2 atom stereocenters. The zero-order valence-corrected chi connectivity index (χ0v) is 35.1. The summed E-state index contributed by atoms with van der Waals surface area (Å²) < 4.78 is 77.6. The van der Waals surface area contributed by atoms with Gasteiger partial charge >= 0.3 is 27.7 Å². The number of nitrogens with zero attached hydrogens (tertiary/aromatic N) is 3. The first-order valence-electron chi connectivity index (χ1n) is 18.2. The molecule has 1 saturated carbocycles. The molecule has 3 aromatic rings. The highest BCUT2D eigenvalue weighted by molar-refractivity contribution is 8.00. The highest BCUT2D eigenvalue weighted by atomic mass is 35.5. The number of aromatic nitrogens is 1. The number of benzene rings is 2. The molecule has 60 heavy (non-hydrogen) atoms. The Morgan fingerprint density at radius 2 is 1.63 bits per heavy atom. The van der Waals surface area contributed by atoms with Crippen LogP contribution in [-0.4, -0.2) is 82.3 Å². The average Bonchev–Trinajstić information content (AvgIpc) is 3.84. The van der Waals surface area contributed by atoms with Crippen molar-refractivity contribution in [3.63, 3.8) is 0 Å². The van der Waals surface area contributed by atoms with Crippen LogP contribution in [0.25, 0.3) is 0 Å². The van der Waals surface area contributed by atoms with Gasteiger partial charge in [0.2, 0.25) is 0 Å². The highest BCUT2D eigenvalue weighted by Crippen LogP contribution is 2.42. The van der Waals surface area contributed by atoms with Gasteiger partial charge in [0.15, 0.2) is 16.9 Å². The Bertz CT molecular complexity index is 2270. The van der Waals surface area contributed by atoms with Crippen LogP contribution in [0.4, 0.5) is 23.1 Å². The Kier molecular flexibility index (Phi) is 13.5. The minimum Gasteiger partial charge on any atom is -0.448 e. The molecular weight excluding hydrogens is 875 g/mol. The van der Waals surface area contributed by atoms with Crippen molar-refractivity contribution in [1.29, 1.82) is 0 Å². The van der Waals surface area contributed by atoms with Crippen molar-refractivity contribution in [3.05, 3.63) is 105 Å². The summed E-state index contributed by atoms with van der Waals surface area (Å²) in [6, 6.07) is 15.9. The number of nitrogens with one attached hydrogen (secondary N) is 2. The lowest BCUT2D eigenvalue weighted by Crippen LogP contribution is -2.71. The summed E-state index contributed by atoms with van der Waals surface area (Å²) in [6.07, 6.45) is 2.02. The maximum absolute atomic E-state index is 14.2. The van der Waals surface area contributed by atoms with E-state index in [9.17, 15) is 40.8 Å². The number of thioether (sulfide) groups is 1. The van der Waals surface area contributed by atoms with E-state index in [1.54, 1.807) is 81.4 Å². The number of fused-ring (bicyclic) bond motifs is 1. The molecule has 22 heteroatoms. The lowest BCUT2D eigenvalue weighted by atomic mass is 10.0. The topological polar surface area (TPSA) is 192 Å². The van der Waals surface area contributed by atoms with Gasteiger partial charge in [-0.1, -0.05) is 88.8 Å². The zero-order valence-electron chi connectivity index (χ0n) is 31.9. The fraction of sp³-hybridized carbons (Fsp3) is 0.368. The smallest absolute Gasteiger partial charge is 0.448 e. The number of allylic oxidation sites excluding steroid dienone is 1. The minimum atomic E-state index is -6.05. The van der Waals surface area contributed by atoms with Gasteiger partial charge in [-0.2, -0.15) is 21.6 Å². The van der Waals surface area contributed by atoms with Crippen LogP contribution in [0.15, 0.2) is 89.4 Å². The summed E-state index contributed by atoms with van der Waals surface area (Å²) in [7, 11) is -6.05. The molecule has 2 N–H and O–H groups in total. The second-order valence-corrected chi connectivity index (χ2v) is 18.6. The van der Waals surface area contributed by atoms with Gasteiger partial charge in [0.05, 0.1) is 0 Å². The molecule has 2 aromatic carbocycles. The van der Waals surface area contributed by atoms with Crippen LogP contribution >= 0.6 is 34.7 Å². The molecule has 15 nitrogen and oxygen atoms in total. The van der Waals surface area contributed by atoms with Gasteiger partial charge < -0.3 is 23.8 Å². The Morgan fingerprint density at radius 1 is 1.02 bits per heavy atom. The van der Waals surface area contributed by atoms with Gasteiger partial charge in [0.1, 0.15) is 45.1 Å². The molecule has 320 valence electrons. The van der Waals surface area contributed by atoms with Crippen LogP contribution in [0.2, 0.25) is 4.34 Å². The van der Waals surface area contributed by atoms with Crippen molar-refractivity contribution in [2.45, 2.75) is 81.2 Å². The third-order valence-electron chi connectivity index (χ3n) is 8.87. The number of alkyl halides is 3. The Hall–Kier alpha value is -5.12. The van der Waals surface area contributed by atoms with Crippen LogP contribution in [-0.2, 0) is 43.0 Å². The second kappa shape index (κ2) is 18.2. The third-order valence-corrected chi connectivity index (χ3v) is 12.3. The van der Waals surface area contributed by atoms with Crippen molar-refractivity contribution >= 4 is 79.5 Å². The molecule has 1 aliphatic carbocycles. The van der Waals surface area contributed by atoms with Crippen LogP contribution in [0.3, 0.4) is 0 Å². The maximum atomic E-state index is 14.2. The first-order chi connectivity index (χ1) is 28.3. The quantitative estimate of drug-likeness (QED) is 0.0335. The van der Waals surface area contributed by atoms with Gasteiger partial charge in [-0.05, 0) is 69.2 Å². The fourth-order valence-electron chi connectivity index (χ4n) is 6.16. The highest BCUT2D eigenvalue weighted by Gasteiger charge is 2.55. The number of anilines is 1. The van der Waals surface area contributed by atoms with E-state index in [2.05, 4.69) is 25.0 Å². The molecular formula is C38H37ClF3N5O10S3. The molecule has 0 bridgehead atoms. The number of carbonyl (C=O) groups is 4. The molecule has 2 aliphatic heterocycles. The van der Waals surface area contributed by atoms with E-state index >= 15 is 0 Å². The summed E-state index contributed by atoms with van der Waals surface area (Å²) in [4.78, 5) is 65.6. The first-order valence-corrected chi connectivity index (χ1v) is 21.8. The number of carbonyl (C=O) groups excluding carboxylic acids is 4. The Morgan fingerprint density at radius 3 is 2.22 bits per heavy atom. The predicted octanol–water partition coefficient (Wildman–Crippen LogP) is 7.17. The summed E-state index contributed by atoms with van der Waals surface area (Å²) >= 11 is 8.33. The molecule has 2 fully saturated rings. The Balaban J connectivity index is 1.29. The van der Waals surface area contributed by atoms with Crippen molar-refractivity contribution in [2.24, 2.45) is 5.16 Å².